The highest BCUT2D eigenvalue weighted by Gasteiger charge is 2.62. The van der Waals surface area contributed by atoms with Crippen LogP contribution >= 0.6 is 0 Å². The van der Waals surface area contributed by atoms with Crippen molar-refractivity contribution in [1.82, 2.24) is 24.6 Å². The number of carbonyl (C=O) groups excluding carboxylic acids is 1. The molecule has 5 heterocycles. The maximum Gasteiger partial charge on any atom is 0.411 e. The first kappa shape index (κ1) is 31.1. The second kappa shape index (κ2) is 10.7. The first-order valence-corrected chi connectivity index (χ1v) is 17.9. The molecule has 234 valence electrons. The van der Waals surface area contributed by atoms with E-state index < -0.39 is 50.1 Å². The molecule has 0 aromatic carbocycles. The van der Waals surface area contributed by atoms with Crippen LogP contribution in [0.5, 0.6) is 0 Å². The van der Waals surface area contributed by atoms with Gasteiger partial charge >= 0.3 is 6.09 Å². The zero-order chi connectivity index (χ0) is 30.8. The second-order valence-electron chi connectivity index (χ2n) is 14.6. The van der Waals surface area contributed by atoms with E-state index in [0.717, 1.165) is 19.3 Å². The van der Waals surface area contributed by atoms with Gasteiger partial charge in [-0.2, -0.15) is 5.10 Å². The van der Waals surface area contributed by atoms with Crippen LogP contribution in [0, 0.1) is 0 Å². The smallest absolute Gasteiger partial charge is 0.411 e. The lowest BCUT2D eigenvalue weighted by Gasteiger charge is -2.40. The third-order valence-electron chi connectivity index (χ3n) is 8.79. The van der Waals surface area contributed by atoms with Gasteiger partial charge in [-0.05, 0) is 72.0 Å². The van der Waals surface area contributed by atoms with Gasteiger partial charge in [0.15, 0.2) is 31.7 Å². The number of rotatable bonds is 5. The van der Waals surface area contributed by atoms with Gasteiger partial charge in [-0.25, -0.2) is 19.4 Å². The normalized spacial score (nSPS) is 28.3. The average Bonchev–Trinajstić information content (AvgIpc) is 3.48. The molecule has 0 aliphatic carbocycles. The molecule has 3 aliphatic heterocycles. The zero-order valence-electron chi connectivity index (χ0n) is 26.8. The number of carbonyl (C=O) groups is 1. The second-order valence-corrected chi connectivity index (χ2v) is 19.5. The minimum atomic E-state index is -2.19. The van der Waals surface area contributed by atoms with Crippen LogP contribution in [0.4, 0.5) is 10.6 Å². The van der Waals surface area contributed by atoms with E-state index >= 15 is 0 Å². The molecule has 3 saturated heterocycles. The fourth-order valence-corrected chi connectivity index (χ4v) is 6.80. The van der Waals surface area contributed by atoms with Crippen molar-refractivity contribution < 1.29 is 28.2 Å². The summed E-state index contributed by atoms with van der Waals surface area (Å²) >= 11 is 0. The molecule has 0 radical (unpaired) electrons. The van der Waals surface area contributed by atoms with Crippen molar-refractivity contribution in [1.29, 1.82) is 0 Å². The Bertz CT molecular complexity index is 1310. The number of likely N-dealkylation sites (tertiary alicyclic amines) is 1. The third-order valence-corrected chi connectivity index (χ3v) is 13.3. The molecule has 2 aromatic heterocycles. The minimum Gasteiger partial charge on any atom is -0.444 e. The Kier molecular flexibility index (Phi) is 7.92. The highest BCUT2D eigenvalue weighted by Crippen LogP contribution is 2.50. The van der Waals surface area contributed by atoms with Crippen LogP contribution in [0.3, 0.4) is 0 Å². The molecule has 12 nitrogen and oxygen atoms in total. The molecule has 3 fully saturated rings. The van der Waals surface area contributed by atoms with Crippen LogP contribution in [-0.4, -0.2) is 81.9 Å². The number of hydrogen-bond acceptors (Lipinski definition) is 10. The summed E-state index contributed by atoms with van der Waals surface area (Å²) < 4.78 is 34.0. The fraction of sp³-hybridized carbons (Fsp3) is 0.793. The molecule has 0 bridgehead atoms. The topological polar surface area (TPSA) is 136 Å². The van der Waals surface area contributed by atoms with Gasteiger partial charge in [0.05, 0.1) is 18.3 Å². The Morgan fingerprint density at radius 2 is 1.79 bits per heavy atom. The SMILES string of the molecule is CC(C)(C)OC(=O)N1[C@H](CO[Si](C)(C)C(C)(C)C)[C@@H]2OC(C)(C)OC2[C@@H]1c1c2ncnc(N)c2nn1C1CCCCO1. The van der Waals surface area contributed by atoms with E-state index in [2.05, 4.69) is 43.8 Å². The standard InChI is InChI=1S/C29H48N6O6Si/c1-27(2,3)41-26(36)34-17(15-38-42(9,10)28(4,5)6)23-24(40-29(7,8)39-23)22(34)21-19-20(25(30)32-16-31-19)33-35(21)18-13-11-12-14-37-18/h16-18,22-24H,11-15H2,1-10H3,(H2,30,31,32)/t17-,18?,22+,23+,24?/m1/s1. The van der Waals surface area contributed by atoms with E-state index in [-0.39, 0.29) is 23.7 Å². The zero-order valence-corrected chi connectivity index (χ0v) is 27.8. The van der Waals surface area contributed by atoms with Crippen molar-refractivity contribution in [3.05, 3.63) is 12.0 Å². The molecule has 1 amide bonds. The Balaban J connectivity index is 1.68. The van der Waals surface area contributed by atoms with Crippen molar-refractivity contribution in [3.8, 4) is 0 Å². The molecule has 0 spiro atoms. The maximum absolute atomic E-state index is 14.2. The summed E-state index contributed by atoms with van der Waals surface area (Å²) in [6, 6.07) is -1.15. The number of fused-ring (bicyclic) bond motifs is 2. The van der Waals surface area contributed by atoms with Gasteiger partial charge in [-0.3, -0.25) is 4.90 Å². The van der Waals surface area contributed by atoms with Crippen molar-refractivity contribution >= 4 is 31.3 Å². The number of nitrogen functional groups attached to an aromatic ring is 1. The molecule has 2 N–H and O–H groups in total. The van der Waals surface area contributed by atoms with E-state index in [4.69, 9.17) is 34.2 Å². The first-order valence-electron chi connectivity index (χ1n) is 15.0. The number of ether oxygens (including phenoxy) is 4. The average molecular weight is 605 g/mol. The van der Waals surface area contributed by atoms with Gasteiger partial charge in [0, 0.05) is 6.61 Å². The van der Waals surface area contributed by atoms with Gasteiger partial charge in [0.25, 0.3) is 0 Å². The third kappa shape index (κ3) is 5.78. The van der Waals surface area contributed by atoms with Crippen LogP contribution in [0.15, 0.2) is 6.33 Å². The molecule has 5 rings (SSSR count). The van der Waals surface area contributed by atoms with E-state index in [0.29, 0.717) is 23.3 Å². The fourth-order valence-electron chi connectivity index (χ4n) is 5.78. The van der Waals surface area contributed by atoms with E-state index in [9.17, 15) is 4.79 Å². The molecular weight excluding hydrogens is 556 g/mol. The summed E-state index contributed by atoms with van der Waals surface area (Å²) in [6.45, 7) is 21.2. The van der Waals surface area contributed by atoms with Crippen molar-refractivity contribution in [2.75, 3.05) is 18.9 Å². The number of amides is 1. The Morgan fingerprint density at radius 3 is 2.40 bits per heavy atom. The van der Waals surface area contributed by atoms with Gasteiger partial charge in [-0.1, -0.05) is 20.8 Å². The quantitative estimate of drug-likeness (QED) is 0.447. The number of nitrogens with zero attached hydrogens (tertiary/aromatic N) is 5. The van der Waals surface area contributed by atoms with Crippen LogP contribution in [0.25, 0.3) is 11.0 Å². The summed E-state index contributed by atoms with van der Waals surface area (Å²) in [5.41, 5.74) is 7.26. The predicted octanol–water partition coefficient (Wildman–Crippen LogP) is 5.31. The molecule has 2 unspecified atom stereocenters. The Hall–Kier alpha value is -2.32. The van der Waals surface area contributed by atoms with Gasteiger partial charge in [0.2, 0.25) is 0 Å². The molecule has 5 atom stereocenters. The van der Waals surface area contributed by atoms with E-state index in [1.807, 2.05) is 39.3 Å². The highest BCUT2D eigenvalue weighted by atomic mass is 28.4. The molecule has 3 aliphatic rings. The molecule has 2 aromatic rings. The molecule has 0 saturated carbocycles. The Labute approximate surface area is 249 Å². The predicted molar refractivity (Wildman–Crippen MR) is 160 cm³/mol. The number of hydrogen-bond donors (Lipinski definition) is 1. The first-order chi connectivity index (χ1) is 19.4. The highest BCUT2D eigenvalue weighted by molar-refractivity contribution is 6.74. The lowest BCUT2D eigenvalue weighted by atomic mass is 10.0. The lowest BCUT2D eigenvalue weighted by molar-refractivity contribution is -0.169. The number of aromatic nitrogens is 4. The maximum atomic E-state index is 14.2. The van der Waals surface area contributed by atoms with Crippen molar-refractivity contribution in [2.24, 2.45) is 0 Å². The van der Waals surface area contributed by atoms with Crippen molar-refractivity contribution in [3.63, 3.8) is 0 Å². The Morgan fingerprint density at radius 1 is 1.10 bits per heavy atom. The van der Waals surface area contributed by atoms with Gasteiger partial charge < -0.3 is 29.1 Å². The number of anilines is 1. The monoisotopic (exact) mass is 604 g/mol. The van der Waals surface area contributed by atoms with Crippen molar-refractivity contribution in [2.45, 2.75) is 135 Å². The summed E-state index contributed by atoms with van der Waals surface area (Å²) in [7, 11) is -2.19. The van der Waals surface area contributed by atoms with Crippen LogP contribution < -0.4 is 5.73 Å². The lowest BCUT2D eigenvalue weighted by Crippen LogP contribution is -2.51. The van der Waals surface area contributed by atoms with Crippen LogP contribution in [0.1, 0.15) is 92.6 Å². The molecule has 42 heavy (non-hydrogen) atoms. The largest absolute Gasteiger partial charge is 0.444 e. The number of nitrogens with two attached hydrogens (primary N) is 1. The minimum absolute atomic E-state index is 0.0188. The van der Waals surface area contributed by atoms with Gasteiger partial charge in [-0.15, -0.1) is 0 Å². The van der Waals surface area contributed by atoms with Crippen LogP contribution in [-0.2, 0) is 23.4 Å². The summed E-state index contributed by atoms with van der Waals surface area (Å²) in [6.07, 6.45) is 2.30. The van der Waals surface area contributed by atoms with E-state index in [1.165, 1.54) is 6.33 Å². The molecular formula is C29H48N6O6Si. The summed E-state index contributed by atoms with van der Waals surface area (Å²) in [5.74, 6) is -0.616. The van der Waals surface area contributed by atoms with Gasteiger partial charge in [0.1, 0.15) is 35.7 Å². The summed E-state index contributed by atoms with van der Waals surface area (Å²) in [4.78, 5) is 24.8. The van der Waals surface area contributed by atoms with Crippen LogP contribution in [0.2, 0.25) is 18.1 Å². The molecule has 13 heteroatoms. The summed E-state index contributed by atoms with van der Waals surface area (Å²) in [5, 5.41) is 4.87. The van der Waals surface area contributed by atoms with E-state index in [1.54, 1.807) is 4.90 Å².